The first-order chi connectivity index (χ1) is 14.5. The lowest BCUT2D eigenvalue weighted by Crippen LogP contribution is -2.24. The molecule has 0 atom stereocenters. The molecule has 5 N–H and O–H groups in total. The highest BCUT2D eigenvalue weighted by Crippen LogP contribution is 2.33. The number of benzene rings is 1. The number of fused-ring (bicyclic) bond motifs is 1. The zero-order chi connectivity index (χ0) is 21.1. The summed E-state index contributed by atoms with van der Waals surface area (Å²) in [7, 11) is 3.59. The largest absolute Gasteiger partial charge is 0.438 e. The zero-order valence-corrected chi connectivity index (χ0v) is 16.8. The second-order valence-corrected chi connectivity index (χ2v) is 6.82. The SMILES string of the molecule is COCCN(C)c1ncc(N)cc1-c1nc(Oc2cccc(N)c2)c2cc[nH]c2n1. The third-order valence-electron chi connectivity index (χ3n) is 4.57. The average Bonchev–Trinajstić information content (AvgIpc) is 3.21. The summed E-state index contributed by atoms with van der Waals surface area (Å²) in [5.74, 6) is 2.14. The first-order valence-electron chi connectivity index (χ1n) is 9.39. The number of H-pyrrole nitrogens is 1. The lowest BCUT2D eigenvalue weighted by molar-refractivity contribution is 0.206. The monoisotopic (exact) mass is 405 g/mol. The predicted molar refractivity (Wildman–Crippen MR) is 118 cm³/mol. The molecule has 9 heteroatoms. The number of aromatic nitrogens is 4. The molecule has 154 valence electrons. The van der Waals surface area contributed by atoms with Crippen molar-refractivity contribution in [1.29, 1.82) is 0 Å². The molecular formula is C21H23N7O2. The normalized spacial score (nSPS) is 11.0. The van der Waals surface area contributed by atoms with Crippen LogP contribution in [-0.4, -0.2) is 47.2 Å². The fourth-order valence-electron chi connectivity index (χ4n) is 3.08. The van der Waals surface area contributed by atoms with E-state index in [4.69, 9.17) is 20.9 Å². The Bertz CT molecular complexity index is 1180. The van der Waals surface area contributed by atoms with Crippen molar-refractivity contribution in [2.24, 2.45) is 0 Å². The van der Waals surface area contributed by atoms with E-state index >= 15 is 0 Å². The molecule has 0 aliphatic carbocycles. The number of anilines is 3. The number of nitrogens with one attached hydrogen (secondary N) is 1. The number of aromatic amines is 1. The summed E-state index contributed by atoms with van der Waals surface area (Å²) in [6.07, 6.45) is 3.40. The molecule has 0 aliphatic heterocycles. The maximum absolute atomic E-state index is 6.05. The van der Waals surface area contributed by atoms with Gasteiger partial charge < -0.3 is 30.8 Å². The van der Waals surface area contributed by atoms with Gasteiger partial charge in [-0.2, -0.15) is 4.98 Å². The second kappa shape index (κ2) is 8.26. The van der Waals surface area contributed by atoms with Crippen LogP contribution in [0.5, 0.6) is 11.6 Å². The fourth-order valence-corrected chi connectivity index (χ4v) is 3.08. The molecular weight excluding hydrogens is 382 g/mol. The van der Waals surface area contributed by atoms with Crippen LogP contribution in [0.2, 0.25) is 0 Å². The Hall–Kier alpha value is -3.85. The highest BCUT2D eigenvalue weighted by atomic mass is 16.5. The first-order valence-corrected chi connectivity index (χ1v) is 9.39. The van der Waals surface area contributed by atoms with Crippen molar-refractivity contribution in [2.75, 3.05) is 43.7 Å². The van der Waals surface area contributed by atoms with E-state index in [2.05, 4.69) is 19.9 Å². The molecule has 0 unspecified atom stereocenters. The summed E-state index contributed by atoms with van der Waals surface area (Å²) in [5, 5.41) is 0.757. The molecule has 0 saturated heterocycles. The smallest absolute Gasteiger partial charge is 0.232 e. The van der Waals surface area contributed by atoms with Gasteiger partial charge in [0.05, 0.1) is 29.4 Å². The summed E-state index contributed by atoms with van der Waals surface area (Å²) in [5.41, 5.74) is 14.4. The molecule has 0 spiro atoms. The third kappa shape index (κ3) is 3.96. The number of methoxy groups -OCH3 is 1. The van der Waals surface area contributed by atoms with Crippen LogP contribution < -0.4 is 21.1 Å². The Labute approximate surface area is 173 Å². The lowest BCUT2D eigenvalue weighted by Gasteiger charge is -2.20. The Kier molecular flexibility index (Phi) is 5.36. The minimum atomic E-state index is 0.412. The third-order valence-corrected chi connectivity index (χ3v) is 4.57. The molecule has 3 aromatic heterocycles. The standard InChI is InChI=1S/C21H23N7O2/c1-28(8-9-29-2)20-17(11-14(23)12-25-20)19-26-18-16(6-7-24-18)21(27-19)30-15-5-3-4-13(22)10-15/h3-7,10-12H,8-9,22-23H2,1-2H3,(H,24,26,27). The van der Waals surface area contributed by atoms with Crippen LogP contribution in [0.25, 0.3) is 22.4 Å². The Morgan fingerprint density at radius 2 is 1.97 bits per heavy atom. The Balaban J connectivity index is 1.81. The second-order valence-electron chi connectivity index (χ2n) is 6.82. The first kappa shape index (κ1) is 19.5. The van der Waals surface area contributed by atoms with Crippen LogP contribution in [0.3, 0.4) is 0 Å². The van der Waals surface area contributed by atoms with E-state index in [1.54, 1.807) is 37.7 Å². The van der Waals surface area contributed by atoms with E-state index in [1.165, 1.54) is 0 Å². The molecule has 0 saturated carbocycles. The van der Waals surface area contributed by atoms with Crippen molar-refractivity contribution in [3.05, 3.63) is 48.8 Å². The van der Waals surface area contributed by atoms with Crippen molar-refractivity contribution >= 4 is 28.2 Å². The number of pyridine rings is 1. The number of likely N-dealkylation sites (N-methyl/N-ethyl adjacent to an activating group) is 1. The van der Waals surface area contributed by atoms with Gasteiger partial charge in [0.2, 0.25) is 5.88 Å². The molecule has 4 rings (SSSR count). The van der Waals surface area contributed by atoms with E-state index in [0.717, 1.165) is 5.39 Å². The quantitative estimate of drug-likeness (QED) is 0.400. The van der Waals surface area contributed by atoms with Crippen LogP contribution in [0.1, 0.15) is 0 Å². The van der Waals surface area contributed by atoms with Gasteiger partial charge in [-0.05, 0) is 24.3 Å². The zero-order valence-electron chi connectivity index (χ0n) is 16.8. The average molecular weight is 405 g/mol. The molecule has 4 aromatic rings. The molecule has 0 fully saturated rings. The van der Waals surface area contributed by atoms with Crippen LogP contribution in [-0.2, 0) is 4.74 Å². The molecule has 3 heterocycles. The maximum Gasteiger partial charge on any atom is 0.232 e. The van der Waals surface area contributed by atoms with Gasteiger partial charge in [-0.1, -0.05) is 6.07 Å². The Morgan fingerprint density at radius 1 is 1.10 bits per heavy atom. The molecule has 0 bridgehead atoms. The van der Waals surface area contributed by atoms with Crippen LogP contribution in [0.15, 0.2) is 48.8 Å². The summed E-state index contributed by atoms with van der Waals surface area (Å²) in [6.45, 7) is 1.21. The van der Waals surface area contributed by atoms with Gasteiger partial charge in [-0.15, -0.1) is 0 Å². The maximum atomic E-state index is 6.05. The van der Waals surface area contributed by atoms with Crippen LogP contribution in [0.4, 0.5) is 17.2 Å². The van der Waals surface area contributed by atoms with Gasteiger partial charge in [0, 0.05) is 38.7 Å². The van der Waals surface area contributed by atoms with Crippen LogP contribution in [0, 0.1) is 0 Å². The molecule has 0 radical (unpaired) electrons. The van der Waals surface area contributed by atoms with Gasteiger partial charge in [-0.3, -0.25) is 0 Å². The number of hydrogen-bond donors (Lipinski definition) is 3. The molecule has 0 aliphatic rings. The number of hydrogen-bond acceptors (Lipinski definition) is 8. The van der Waals surface area contributed by atoms with Crippen LogP contribution >= 0.6 is 0 Å². The molecule has 9 nitrogen and oxygen atoms in total. The van der Waals surface area contributed by atoms with Crippen molar-refractivity contribution in [1.82, 2.24) is 19.9 Å². The number of nitrogens with zero attached hydrogens (tertiary/aromatic N) is 4. The number of ether oxygens (including phenoxy) is 2. The van der Waals surface area contributed by atoms with Gasteiger partial charge in [0.1, 0.15) is 17.2 Å². The highest BCUT2D eigenvalue weighted by molar-refractivity contribution is 5.85. The van der Waals surface area contributed by atoms with E-state index in [-0.39, 0.29) is 0 Å². The summed E-state index contributed by atoms with van der Waals surface area (Å²) in [4.78, 5) is 18.9. The van der Waals surface area contributed by atoms with E-state index < -0.39 is 0 Å². The van der Waals surface area contributed by atoms with Gasteiger partial charge in [-0.25, -0.2) is 9.97 Å². The number of nitrogen functional groups attached to an aromatic ring is 2. The molecule has 0 amide bonds. The minimum Gasteiger partial charge on any atom is -0.438 e. The van der Waals surface area contributed by atoms with Crippen molar-refractivity contribution in [2.45, 2.75) is 0 Å². The predicted octanol–water partition coefficient (Wildman–Crippen LogP) is 3.06. The molecule has 30 heavy (non-hydrogen) atoms. The lowest BCUT2D eigenvalue weighted by atomic mass is 10.2. The van der Waals surface area contributed by atoms with E-state index in [1.807, 2.05) is 30.1 Å². The van der Waals surface area contributed by atoms with Crippen molar-refractivity contribution in [3.8, 4) is 23.0 Å². The van der Waals surface area contributed by atoms with Gasteiger partial charge >= 0.3 is 0 Å². The van der Waals surface area contributed by atoms with Gasteiger partial charge in [0.25, 0.3) is 0 Å². The fraction of sp³-hybridized carbons (Fsp3) is 0.190. The van der Waals surface area contributed by atoms with Crippen molar-refractivity contribution in [3.63, 3.8) is 0 Å². The number of rotatable bonds is 7. The summed E-state index contributed by atoms with van der Waals surface area (Å²) >= 11 is 0. The highest BCUT2D eigenvalue weighted by Gasteiger charge is 2.18. The topological polar surface area (TPSA) is 128 Å². The minimum absolute atomic E-state index is 0.412. The Morgan fingerprint density at radius 3 is 2.77 bits per heavy atom. The number of nitrogens with two attached hydrogens (primary N) is 2. The van der Waals surface area contributed by atoms with E-state index in [0.29, 0.717) is 59.0 Å². The summed E-state index contributed by atoms with van der Waals surface area (Å²) < 4.78 is 11.2. The van der Waals surface area contributed by atoms with Crippen molar-refractivity contribution < 1.29 is 9.47 Å². The molecule has 1 aromatic carbocycles. The summed E-state index contributed by atoms with van der Waals surface area (Å²) in [6, 6.07) is 10.9. The van der Waals surface area contributed by atoms with E-state index in [9.17, 15) is 0 Å². The van der Waals surface area contributed by atoms with Gasteiger partial charge in [0.15, 0.2) is 5.82 Å².